The van der Waals surface area contributed by atoms with Crippen molar-refractivity contribution in [2.24, 2.45) is 0 Å². The first kappa shape index (κ1) is 15.4. The van der Waals surface area contributed by atoms with Crippen molar-refractivity contribution < 1.29 is 23.8 Å². The summed E-state index contributed by atoms with van der Waals surface area (Å²) in [6.45, 7) is 1.10. The minimum atomic E-state index is -0.433. The summed E-state index contributed by atoms with van der Waals surface area (Å²) in [4.78, 5) is 22.1. The Morgan fingerprint density at radius 2 is 1.73 bits per heavy atom. The fourth-order valence-electron chi connectivity index (χ4n) is 2.18. The third-order valence-corrected chi connectivity index (χ3v) is 4.41. The van der Waals surface area contributed by atoms with E-state index in [0.29, 0.717) is 18.8 Å². The Morgan fingerprint density at radius 3 is 2.27 bits per heavy atom. The molecule has 0 spiro atoms. The van der Waals surface area contributed by atoms with E-state index >= 15 is 0 Å². The minimum absolute atomic E-state index is 0.245. The molecule has 2 amide bonds. The lowest BCUT2D eigenvalue weighted by atomic mass is 10.1. The molecule has 2 heterocycles. The Balaban J connectivity index is 1.69. The highest BCUT2D eigenvalue weighted by molar-refractivity contribution is 9.11. The minimum Gasteiger partial charge on any atom is -0.487 e. The van der Waals surface area contributed by atoms with E-state index in [9.17, 15) is 9.59 Å². The number of amides is 2. The van der Waals surface area contributed by atoms with E-state index in [1.807, 2.05) is 12.1 Å². The number of carbonyl (C=O) groups is 2. The molecule has 2 aliphatic heterocycles. The quantitative estimate of drug-likeness (QED) is 0.758. The average Bonchev–Trinajstić information content (AvgIpc) is 3.06. The van der Waals surface area contributed by atoms with Crippen LogP contribution in [-0.4, -0.2) is 38.0 Å². The van der Waals surface area contributed by atoms with Crippen molar-refractivity contribution in [3.05, 3.63) is 26.6 Å². The third kappa shape index (κ3) is 3.30. The maximum Gasteiger partial charge on any atom is 0.407 e. The lowest BCUT2D eigenvalue weighted by Gasteiger charge is -2.16. The lowest BCUT2D eigenvalue weighted by molar-refractivity contribution is 0.104. The van der Waals surface area contributed by atoms with Crippen LogP contribution in [-0.2, 0) is 9.47 Å². The van der Waals surface area contributed by atoms with E-state index in [0.717, 1.165) is 14.5 Å². The molecule has 0 aliphatic carbocycles. The van der Waals surface area contributed by atoms with Gasteiger partial charge in [0.15, 0.2) is 6.10 Å². The summed E-state index contributed by atoms with van der Waals surface area (Å²) < 4.78 is 17.3. The Hall–Kier alpha value is -1.48. The van der Waals surface area contributed by atoms with Gasteiger partial charge in [-0.1, -0.05) is 0 Å². The van der Waals surface area contributed by atoms with Gasteiger partial charge < -0.3 is 24.8 Å². The van der Waals surface area contributed by atoms with Gasteiger partial charge >= 0.3 is 12.2 Å². The molecule has 1 aromatic rings. The van der Waals surface area contributed by atoms with Gasteiger partial charge in [-0.05, 0) is 49.6 Å². The van der Waals surface area contributed by atoms with Crippen LogP contribution in [0, 0.1) is 0 Å². The number of rotatable bonds is 4. The van der Waals surface area contributed by atoms with Gasteiger partial charge in [0.1, 0.15) is 18.5 Å². The third-order valence-electron chi connectivity index (χ3n) is 3.23. The number of benzene rings is 1. The van der Waals surface area contributed by atoms with Crippen LogP contribution in [0.2, 0.25) is 0 Å². The molecule has 2 aliphatic rings. The fraction of sp³-hybridized carbons (Fsp3) is 0.385. The smallest absolute Gasteiger partial charge is 0.407 e. The molecule has 22 heavy (non-hydrogen) atoms. The van der Waals surface area contributed by atoms with E-state index in [-0.39, 0.29) is 18.8 Å². The van der Waals surface area contributed by atoms with Crippen LogP contribution in [0.4, 0.5) is 9.59 Å². The van der Waals surface area contributed by atoms with Crippen molar-refractivity contribution in [1.29, 1.82) is 0 Å². The van der Waals surface area contributed by atoms with Crippen LogP contribution >= 0.6 is 31.9 Å². The number of nitrogens with one attached hydrogen (secondary N) is 2. The van der Waals surface area contributed by atoms with Gasteiger partial charge in [0, 0.05) is 0 Å². The summed E-state index contributed by atoms with van der Waals surface area (Å²) in [5, 5.41) is 5.18. The SMILES string of the molecule is O=C1NC[C@H](COc2c(Br)cc([C@@H]3CNC(=O)O3)cc2Br)O1. The zero-order valence-electron chi connectivity index (χ0n) is 11.2. The van der Waals surface area contributed by atoms with Crippen molar-refractivity contribution in [2.45, 2.75) is 12.2 Å². The predicted molar refractivity (Wildman–Crippen MR) is 82.8 cm³/mol. The first-order valence-electron chi connectivity index (χ1n) is 6.53. The van der Waals surface area contributed by atoms with Gasteiger partial charge in [-0.15, -0.1) is 0 Å². The highest BCUT2D eigenvalue weighted by atomic mass is 79.9. The normalized spacial score (nSPS) is 23.5. The van der Waals surface area contributed by atoms with Crippen molar-refractivity contribution in [1.82, 2.24) is 10.6 Å². The molecule has 2 fully saturated rings. The van der Waals surface area contributed by atoms with Crippen LogP contribution in [0.25, 0.3) is 0 Å². The number of halogens is 2. The number of hydrogen-bond acceptors (Lipinski definition) is 5. The van der Waals surface area contributed by atoms with Crippen molar-refractivity contribution in [3.8, 4) is 5.75 Å². The molecule has 118 valence electrons. The molecule has 2 saturated heterocycles. The summed E-state index contributed by atoms with van der Waals surface area (Å²) in [6, 6.07) is 3.67. The predicted octanol–water partition coefficient (Wildman–Crippen LogP) is 2.48. The Morgan fingerprint density at radius 1 is 1.09 bits per heavy atom. The summed E-state index contributed by atoms with van der Waals surface area (Å²) >= 11 is 6.88. The molecule has 1 aromatic carbocycles. The van der Waals surface area contributed by atoms with E-state index in [4.69, 9.17) is 14.2 Å². The zero-order chi connectivity index (χ0) is 15.7. The van der Waals surface area contributed by atoms with Gasteiger partial charge in [0.2, 0.25) is 0 Å². The van der Waals surface area contributed by atoms with Gasteiger partial charge in [-0.3, -0.25) is 0 Å². The molecule has 9 heteroatoms. The molecule has 0 bridgehead atoms. The Labute approximate surface area is 142 Å². The van der Waals surface area contributed by atoms with E-state index in [1.54, 1.807) is 0 Å². The monoisotopic (exact) mass is 434 g/mol. The van der Waals surface area contributed by atoms with Crippen LogP contribution in [0.5, 0.6) is 5.75 Å². The molecule has 0 unspecified atom stereocenters. The van der Waals surface area contributed by atoms with Crippen LogP contribution < -0.4 is 15.4 Å². The number of cyclic esters (lactones) is 2. The molecule has 0 aromatic heterocycles. The topological polar surface area (TPSA) is 85.9 Å². The van der Waals surface area contributed by atoms with E-state index < -0.39 is 12.2 Å². The largest absolute Gasteiger partial charge is 0.487 e. The molecule has 0 saturated carbocycles. The van der Waals surface area contributed by atoms with Crippen molar-refractivity contribution >= 4 is 44.0 Å². The number of ether oxygens (including phenoxy) is 3. The molecular formula is C13H12Br2N2O5. The van der Waals surface area contributed by atoms with Crippen molar-refractivity contribution in [3.63, 3.8) is 0 Å². The van der Waals surface area contributed by atoms with Crippen molar-refractivity contribution in [2.75, 3.05) is 19.7 Å². The maximum absolute atomic E-state index is 11.1. The van der Waals surface area contributed by atoms with Gasteiger partial charge in [0.25, 0.3) is 0 Å². The summed E-state index contributed by atoms with van der Waals surface area (Å²) in [5.41, 5.74) is 0.846. The highest BCUT2D eigenvalue weighted by Crippen LogP contribution is 2.37. The van der Waals surface area contributed by atoms with Gasteiger partial charge in [-0.25, -0.2) is 9.59 Å². The van der Waals surface area contributed by atoms with Crippen LogP contribution in [0.1, 0.15) is 11.7 Å². The highest BCUT2D eigenvalue weighted by Gasteiger charge is 2.27. The van der Waals surface area contributed by atoms with Crippen LogP contribution in [0.3, 0.4) is 0 Å². The standard InChI is InChI=1S/C13H12Br2N2O5/c14-8-1-6(10-4-17-13(19)22-10)2-9(15)11(8)20-5-7-3-16-12(18)21-7/h1-2,7,10H,3-5H2,(H,16,18)(H,17,19)/t7-,10+/m1/s1. The maximum atomic E-state index is 11.1. The molecule has 2 N–H and O–H groups in total. The molecular weight excluding hydrogens is 424 g/mol. The second-order valence-corrected chi connectivity index (χ2v) is 6.52. The summed E-state index contributed by atoms with van der Waals surface area (Å²) in [6.07, 6.45) is -1.49. The Bertz CT molecular complexity index is 601. The first-order chi connectivity index (χ1) is 10.5. The van der Waals surface area contributed by atoms with Gasteiger partial charge in [0.05, 0.1) is 22.0 Å². The number of alkyl carbamates (subject to hydrolysis) is 2. The second-order valence-electron chi connectivity index (χ2n) is 4.81. The average molecular weight is 436 g/mol. The molecule has 0 radical (unpaired) electrons. The van der Waals surface area contributed by atoms with E-state index in [1.165, 1.54) is 0 Å². The van der Waals surface area contributed by atoms with Gasteiger partial charge in [-0.2, -0.15) is 0 Å². The number of carbonyl (C=O) groups excluding carboxylic acids is 2. The molecule has 2 atom stereocenters. The molecule has 3 rings (SSSR count). The lowest BCUT2D eigenvalue weighted by Crippen LogP contribution is -2.22. The second kappa shape index (κ2) is 6.33. The number of hydrogen-bond donors (Lipinski definition) is 2. The molecule has 7 nitrogen and oxygen atoms in total. The zero-order valence-corrected chi connectivity index (χ0v) is 14.4. The first-order valence-corrected chi connectivity index (χ1v) is 8.12. The van der Waals surface area contributed by atoms with Crippen LogP contribution in [0.15, 0.2) is 21.1 Å². The van der Waals surface area contributed by atoms with E-state index in [2.05, 4.69) is 42.5 Å². The summed E-state index contributed by atoms with van der Waals surface area (Å²) in [7, 11) is 0. The Kier molecular flexibility index (Phi) is 4.44. The fourth-order valence-corrected chi connectivity index (χ4v) is 3.63. The summed E-state index contributed by atoms with van der Waals surface area (Å²) in [5.74, 6) is 0.601.